The van der Waals surface area contributed by atoms with Gasteiger partial charge in [-0.15, -0.1) is 0 Å². The third-order valence-corrected chi connectivity index (χ3v) is 4.39. The van der Waals surface area contributed by atoms with E-state index in [9.17, 15) is 14.4 Å². The molecular weight excluding hydrogens is 403 g/mol. The van der Waals surface area contributed by atoms with Crippen LogP contribution in [-0.4, -0.2) is 49.9 Å². The second-order valence-electron chi connectivity index (χ2n) is 6.05. The van der Waals surface area contributed by atoms with Crippen LogP contribution < -0.4 is 16.0 Å². The van der Waals surface area contributed by atoms with Gasteiger partial charge >= 0.3 is 6.03 Å². The number of rotatable bonds is 6. The summed E-state index contributed by atoms with van der Waals surface area (Å²) in [5.74, 6) is -0.482. The van der Waals surface area contributed by atoms with E-state index in [-0.39, 0.29) is 24.9 Å². The molecule has 0 saturated carbocycles. The quantitative estimate of drug-likeness (QED) is 0.623. The molecule has 2 rings (SSSR count). The van der Waals surface area contributed by atoms with Crippen LogP contribution in [0.2, 0.25) is 10.0 Å². The number of nitrogens with zero attached hydrogens (tertiary/aromatic N) is 1. The van der Waals surface area contributed by atoms with Crippen molar-refractivity contribution in [2.45, 2.75) is 0 Å². The predicted octanol–water partition coefficient (Wildman–Crippen LogP) is 3.25. The van der Waals surface area contributed by atoms with Crippen LogP contribution in [0.1, 0.15) is 20.7 Å². The van der Waals surface area contributed by atoms with Crippen LogP contribution in [0.25, 0.3) is 0 Å². The zero-order valence-electron chi connectivity index (χ0n) is 15.4. The highest BCUT2D eigenvalue weighted by Crippen LogP contribution is 2.22. The molecule has 0 atom stereocenters. The number of amides is 4. The number of hydrogen-bond acceptors (Lipinski definition) is 3. The second kappa shape index (κ2) is 9.96. The molecule has 2 aromatic carbocycles. The number of benzene rings is 2. The molecule has 28 heavy (non-hydrogen) atoms. The van der Waals surface area contributed by atoms with E-state index in [0.717, 1.165) is 0 Å². The second-order valence-corrected chi connectivity index (χ2v) is 6.86. The van der Waals surface area contributed by atoms with Crippen molar-refractivity contribution in [3.8, 4) is 0 Å². The molecule has 0 aliphatic heterocycles. The molecular formula is C19H20Cl2N4O3. The van der Waals surface area contributed by atoms with E-state index in [1.165, 1.54) is 11.0 Å². The van der Waals surface area contributed by atoms with Crippen molar-refractivity contribution in [3.05, 3.63) is 63.6 Å². The lowest BCUT2D eigenvalue weighted by Crippen LogP contribution is -2.36. The Morgan fingerprint density at radius 2 is 1.61 bits per heavy atom. The van der Waals surface area contributed by atoms with Gasteiger partial charge in [-0.05, 0) is 36.4 Å². The van der Waals surface area contributed by atoms with Crippen molar-refractivity contribution < 1.29 is 14.4 Å². The summed E-state index contributed by atoms with van der Waals surface area (Å²) < 4.78 is 0. The van der Waals surface area contributed by atoms with Gasteiger partial charge in [0.15, 0.2) is 0 Å². The molecule has 0 fully saturated rings. The van der Waals surface area contributed by atoms with Crippen LogP contribution in [0.4, 0.5) is 10.5 Å². The first-order valence-electron chi connectivity index (χ1n) is 8.37. The summed E-state index contributed by atoms with van der Waals surface area (Å²) >= 11 is 11.7. The number of halogens is 2. The molecule has 0 radical (unpaired) electrons. The van der Waals surface area contributed by atoms with E-state index >= 15 is 0 Å². The molecule has 0 aliphatic carbocycles. The number of urea groups is 1. The van der Waals surface area contributed by atoms with Crippen LogP contribution >= 0.6 is 23.2 Å². The molecule has 148 valence electrons. The summed E-state index contributed by atoms with van der Waals surface area (Å²) in [7, 11) is 3.31. The monoisotopic (exact) mass is 422 g/mol. The van der Waals surface area contributed by atoms with Gasteiger partial charge < -0.3 is 20.9 Å². The van der Waals surface area contributed by atoms with Crippen LogP contribution in [0.15, 0.2) is 42.5 Å². The number of carbonyl (C=O) groups is 3. The maximum absolute atomic E-state index is 12.0. The summed E-state index contributed by atoms with van der Waals surface area (Å²) in [5.41, 5.74) is 1.34. The minimum atomic E-state index is -0.446. The van der Waals surface area contributed by atoms with Crippen LogP contribution in [0.5, 0.6) is 0 Å². The average molecular weight is 423 g/mol. The summed E-state index contributed by atoms with van der Waals surface area (Å²) in [6, 6.07) is 10.8. The van der Waals surface area contributed by atoms with E-state index in [1.54, 1.807) is 50.5 Å². The fourth-order valence-electron chi connectivity index (χ4n) is 2.25. The number of hydrogen-bond donors (Lipinski definition) is 3. The van der Waals surface area contributed by atoms with E-state index in [4.69, 9.17) is 23.2 Å². The average Bonchev–Trinajstić information content (AvgIpc) is 2.66. The highest BCUT2D eigenvalue weighted by molar-refractivity contribution is 6.42. The van der Waals surface area contributed by atoms with Crippen molar-refractivity contribution in [1.82, 2.24) is 15.5 Å². The molecule has 0 unspecified atom stereocenters. The highest BCUT2D eigenvalue weighted by Gasteiger charge is 2.10. The van der Waals surface area contributed by atoms with Crippen LogP contribution in [-0.2, 0) is 0 Å². The van der Waals surface area contributed by atoms with Gasteiger partial charge in [0.2, 0.25) is 0 Å². The van der Waals surface area contributed by atoms with Crippen molar-refractivity contribution in [3.63, 3.8) is 0 Å². The molecule has 3 N–H and O–H groups in total. The molecule has 0 aliphatic rings. The maximum atomic E-state index is 12.0. The summed E-state index contributed by atoms with van der Waals surface area (Å²) in [4.78, 5) is 37.4. The first-order valence-corrected chi connectivity index (χ1v) is 9.13. The van der Waals surface area contributed by atoms with Gasteiger partial charge in [-0.2, -0.15) is 0 Å². The lowest BCUT2D eigenvalue weighted by molar-refractivity contribution is 0.0827. The fourth-order valence-corrected chi connectivity index (χ4v) is 2.55. The Labute approximate surface area is 173 Å². The Kier molecular flexibility index (Phi) is 7.66. The lowest BCUT2D eigenvalue weighted by atomic mass is 10.2. The Hall–Kier alpha value is -2.77. The minimum absolute atomic E-state index is 0.158. The van der Waals surface area contributed by atoms with Crippen LogP contribution in [0, 0.1) is 0 Å². The van der Waals surface area contributed by atoms with E-state index in [2.05, 4.69) is 16.0 Å². The van der Waals surface area contributed by atoms with Gasteiger partial charge in [-0.25, -0.2) is 4.79 Å². The van der Waals surface area contributed by atoms with Crippen molar-refractivity contribution in [2.75, 3.05) is 32.5 Å². The van der Waals surface area contributed by atoms with Gasteiger partial charge in [-0.1, -0.05) is 29.3 Å². The largest absolute Gasteiger partial charge is 0.350 e. The molecule has 4 amide bonds. The van der Waals surface area contributed by atoms with E-state index < -0.39 is 6.03 Å². The summed E-state index contributed by atoms with van der Waals surface area (Å²) in [6.07, 6.45) is 0. The SMILES string of the molecule is CN(C)C(=O)c1cccc(NC(=O)NCCNC(=O)c2ccc(Cl)c(Cl)c2)c1. The van der Waals surface area contributed by atoms with E-state index in [0.29, 0.717) is 26.9 Å². The predicted molar refractivity (Wildman–Crippen MR) is 110 cm³/mol. The lowest BCUT2D eigenvalue weighted by Gasteiger charge is -2.12. The highest BCUT2D eigenvalue weighted by atomic mass is 35.5. The van der Waals surface area contributed by atoms with Gasteiger partial charge in [-0.3, -0.25) is 9.59 Å². The smallest absolute Gasteiger partial charge is 0.319 e. The van der Waals surface area contributed by atoms with Crippen molar-refractivity contribution >= 4 is 46.7 Å². The van der Waals surface area contributed by atoms with Gasteiger partial charge in [0, 0.05) is 44.0 Å². The zero-order valence-corrected chi connectivity index (χ0v) is 16.9. The Morgan fingerprint density at radius 1 is 0.893 bits per heavy atom. The maximum Gasteiger partial charge on any atom is 0.319 e. The third kappa shape index (κ3) is 6.14. The molecule has 9 heteroatoms. The zero-order chi connectivity index (χ0) is 20.7. The molecule has 0 aromatic heterocycles. The van der Waals surface area contributed by atoms with Crippen LogP contribution in [0.3, 0.4) is 0 Å². The topological polar surface area (TPSA) is 90.5 Å². The summed E-state index contributed by atoms with van der Waals surface area (Å²) in [6.45, 7) is 0.445. The number of anilines is 1. The molecule has 0 saturated heterocycles. The number of carbonyl (C=O) groups excluding carboxylic acids is 3. The molecule has 0 spiro atoms. The Balaban J connectivity index is 1.78. The Bertz CT molecular complexity index is 887. The molecule has 2 aromatic rings. The fraction of sp³-hybridized carbons (Fsp3) is 0.211. The van der Waals surface area contributed by atoms with E-state index in [1.807, 2.05) is 0 Å². The van der Waals surface area contributed by atoms with Gasteiger partial charge in [0.1, 0.15) is 0 Å². The van der Waals surface area contributed by atoms with Gasteiger partial charge in [0.05, 0.1) is 10.0 Å². The minimum Gasteiger partial charge on any atom is -0.350 e. The molecule has 0 heterocycles. The van der Waals surface area contributed by atoms with Crippen molar-refractivity contribution in [1.29, 1.82) is 0 Å². The standard InChI is InChI=1S/C19H20Cl2N4O3/c1-25(2)18(27)13-4-3-5-14(10-13)24-19(28)23-9-8-22-17(26)12-6-7-15(20)16(21)11-12/h3-7,10-11H,8-9H2,1-2H3,(H,22,26)(H2,23,24,28). The summed E-state index contributed by atoms with van der Waals surface area (Å²) in [5, 5.41) is 8.60. The molecule has 7 nitrogen and oxygen atoms in total. The normalized spacial score (nSPS) is 10.1. The Morgan fingerprint density at radius 3 is 2.29 bits per heavy atom. The number of nitrogens with one attached hydrogen (secondary N) is 3. The third-order valence-electron chi connectivity index (χ3n) is 3.65. The van der Waals surface area contributed by atoms with Crippen molar-refractivity contribution in [2.24, 2.45) is 0 Å². The van der Waals surface area contributed by atoms with Gasteiger partial charge in [0.25, 0.3) is 11.8 Å². The first kappa shape index (κ1) is 21.5. The molecule has 0 bridgehead atoms. The first-order chi connectivity index (χ1) is 13.3.